The lowest BCUT2D eigenvalue weighted by molar-refractivity contribution is -0.133. The first kappa shape index (κ1) is 7.33. The van der Waals surface area contributed by atoms with Gasteiger partial charge in [-0.1, -0.05) is 6.58 Å². The molecule has 11 heavy (non-hydrogen) atoms. The van der Waals surface area contributed by atoms with Crippen LogP contribution in [-0.2, 0) is 4.79 Å². The summed E-state index contributed by atoms with van der Waals surface area (Å²) in [5.74, 6) is -1.18. The SMILES string of the molecule is C=C1C=C(C(=O)O)NC(=O)N1. The lowest BCUT2D eigenvalue weighted by atomic mass is 10.3. The third-order valence-electron chi connectivity index (χ3n) is 1.07. The van der Waals surface area contributed by atoms with Gasteiger partial charge in [0.2, 0.25) is 0 Å². The molecule has 58 valence electrons. The summed E-state index contributed by atoms with van der Waals surface area (Å²) in [5, 5.41) is 12.8. The van der Waals surface area contributed by atoms with E-state index < -0.39 is 12.0 Å². The van der Waals surface area contributed by atoms with E-state index in [1.165, 1.54) is 6.08 Å². The Morgan fingerprint density at radius 2 is 2.18 bits per heavy atom. The van der Waals surface area contributed by atoms with Crippen molar-refractivity contribution >= 4 is 12.0 Å². The normalized spacial score (nSPS) is 16.5. The van der Waals surface area contributed by atoms with Crippen molar-refractivity contribution < 1.29 is 14.7 Å². The van der Waals surface area contributed by atoms with E-state index >= 15 is 0 Å². The van der Waals surface area contributed by atoms with E-state index in [2.05, 4.69) is 17.2 Å². The Labute approximate surface area is 62.4 Å². The first-order valence-corrected chi connectivity index (χ1v) is 2.81. The molecule has 0 saturated heterocycles. The molecule has 0 saturated carbocycles. The molecule has 1 rings (SSSR count). The molecule has 0 radical (unpaired) electrons. The summed E-state index contributed by atoms with van der Waals surface area (Å²) in [6, 6.07) is -0.574. The van der Waals surface area contributed by atoms with Gasteiger partial charge in [-0.2, -0.15) is 0 Å². The van der Waals surface area contributed by atoms with Crippen LogP contribution in [0.25, 0.3) is 0 Å². The fraction of sp³-hybridized carbons (Fsp3) is 0. The molecule has 5 heteroatoms. The zero-order valence-electron chi connectivity index (χ0n) is 5.55. The van der Waals surface area contributed by atoms with Gasteiger partial charge in [0.25, 0.3) is 0 Å². The number of aliphatic carboxylic acids is 1. The standard InChI is InChI=1S/C6H6N2O3/c1-3-2-4(5(9)10)8-6(11)7-3/h2H,1H2,(H,9,10)(H2,7,8,11). The number of nitrogens with one attached hydrogen (secondary N) is 2. The number of amides is 2. The molecule has 2 amide bonds. The maximum absolute atomic E-state index is 10.6. The second-order valence-electron chi connectivity index (χ2n) is 1.97. The van der Waals surface area contributed by atoms with E-state index in [-0.39, 0.29) is 11.4 Å². The van der Waals surface area contributed by atoms with E-state index in [0.717, 1.165) is 0 Å². The van der Waals surface area contributed by atoms with Crippen molar-refractivity contribution in [3.63, 3.8) is 0 Å². The number of allylic oxidation sites excluding steroid dienone is 1. The highest BCUT2D eigenvalue weighted by atomic mass is 16.4. The fourth-order valence-corrected chi connectivity index (χ4v) is 0.661. The quantitative estimate of drug-likeness (QED) is 0.488. The minimum absolute atomic E-state index is 0.168. The van der Waals surface area contributed by atoms with Gasteiger partial charge in [-0.3, -0.25) is 0 Å². The van der Waals surface area contributed by atoms with Crippen molar-refractivity contribution in [2.75, 3.05) is 0 Å². The highest BCUT2D eigenvalue weighted by Crippen LogP contribution is 2.00. The summed E-state index contributed by atoms with van der Waals surface area (Å²) in [6.07, 6.45) is 1.24. The fourth-order valence-electron chi connectivity index (χ4n) is 0.661. The number of rotatable bonds is 1. The Morgan fingerprint density at radius 3 is 2.64 bits per heavy atom. The van der Waals surface area contributed by atoms with Crippen LogP contribution in [0.4, 0.5) is 4.79 Å². The molecular weight excluding hydrogens is 148 g/mol. The summed E-state index contributed by atoms with van der Waals surface area (Å²) in [4.78, 5) is 20.9. The van der Waals surface area contributed by atoms with Crippen LogP contribution in [0.2, 0.25) is 0 Å². The van der Waals surface area contributed by atoms with Crippen molar-refractivity contribution in [2.45, 2.75) is 0 Å². The molecule has 0 aromatic rings. The summed E-state index contributed by atoms with van der Waals surface area (Å²) < 4.78 is 0. The van der Waals surface area contributed by atoms with Crippen LogP contribution >= 0.6 is 0 Å². The van der Waals surface area contributed by atoms with Gasteiger partial charge in [-0.05, 0) is 6.08 Å². The van der Waals surface area contributed by atoms with Crippen LogP contribution in [-0.4, -0.2) is 17.1 Å². The van der Waals surface area contributed by atoms with Crippen molar-refractivity contribution in [2.24, 2.45) is 0 Å². The average Bonchev–Trinajstić information content (AvgIpc) is 1.85. The number of carboxylic acid groups (broad SMARTS) is 1. The predicted molar refractivity (Wildman–Crippen MR) is 36.5 cm³/mol. The van der Waals surface area contributed by atoms with Gasteiger partial charge in [0.1, 0.15) is 5.70 Å². The highest BCUT2D eigenvalue weighted by molar-refractivity contribution is 5.94. The van der Waals surface area contributed by atoms with Crippen LogP contribution in [0.1, 0.15) is 0 Å². The minimum Gasteiger partial charge on any atom is -0.477 e. The Bertz CT molecular complexity index is 267. The number of hydrogen-bond donors (Lipinski definition) is 3. The number of carbonyl (C=O) groups excluding carboxylic acids is 1. The molecule has 0 aromatic carbocycles. The number of carboxylic acids is 1. The molecular formula is C6H6N2O3. The Balaban J connectivity index is 2.89. The topological polar surface area (TPSA) is 78.4 Å². The zero-order chi connectivity index (χ0) is 8.43. The van der Waals surface area contributed by atoms with Crippen LogP contribution in [0.15, 0.2) is 24.0 Å². The Hall–Kier alpha value is -1.78. The van der Waals surface area contributed by atoms with Crippen molar-refractivity contribution in [3.05, 3.63) is 24.0 Å². The Kier molecular flexibility index (Phi) is 1.63. The molecule has 0 atom stereocenters. The van der Waals surface area contributed by atoms with Gasteiger partial charge in [-0.15, -0.1) is 0 Å². The van der Waals surface area contributed by atoms with Crippen molar-refractivity contribution in [3.8, 4) is 0 Å². The number of urea groups is 1. The monoisotopic (exact) mass is 154 g/mol. The van der Waals surface area contributed by atoms with Crippen LogP contribution in [0, 0.1) is 0 Å². The second kappa shape index (κ2) is 2.45. The number of hydrogen-bond acceptors (Lipinski definition) is 2. The van der Waals surface area contributed by atoms with Gasteiger partial charge in [0.05, 0.1) is 0 Å². The van der Waals surface area contributed by atoms with Crippen LogP contribution < -0.4 is 10.6 Å². The molecule has 3 N–H and O–H groups in total. The lowest BCUT2D eigenvalue weighted by Crippen LogP contribution is -2.40. The molecule has 1 heterocycles. The van der Waals surface area contributed by atoms with E-state index in [9.17, 15) is 9.59 Å². The number of carbonyl (C=O) groups is 2. The van der Waals surface area contributed by atoms with Gasteiger partial charge in [-0.25, -0.2) is 9.59 Å². The third-order valence-corrected chi connectivity index (χ3v) is 1.07. The Morgan fingerprint density at radius 1 is 1.55 bits per heavy atom. The van der Waals surface area contributed by atoms with E-state index in [1.807, 2.05) is 0 Å². The minimum atomic E-state index is -1.18. The van der Waals surface area contributed by atoms with Crippen molar-refractivity contribution in [1.82, 2.24) is 10.6 Å². The largest absolute Gasteiger partial charge is 0.477 e. The molecule has 0 spiro atoms. The summed E-state index contributed by atoms with van der Waals surface area (Å²) >= 11 is 0. The third kappa shape index (κ3) is 1.57. The van der Waals surface area contributed by atoms with E-state index in [4.69, 9.17) is 5.11 Å². The highest BCUT2D eigenvalue weighted by Gasteiger charge is 2.16. The summed E-state index contributed by atoms with van der Waals surface area (Å²) in [5.41, 5.74) is 0.102. The lowest BCUT2D eigenvalue weighted by Gasteiger charge is -2.13. The van der Waals surface area contributed by atoms with Gasteiger partial charge in [0, 0.05) is 5.70 Å². The van der Waals surface area contributed by atoms with Gasteiger partial charge >= 0.3 is 12.0 Å². The average molecular weight is 154 g/mol. The first-order chi connectivity index (χ1) is 5.09. The van der Waals surface area contributed by atoms with Gasteiger partial charge < -0.3 is 15.7 Å². The molecule has 0 unspecified atom stereocenters. The molecule has 5 nitrogen and oxygen atoms in total. The van der Waals surface area contributed by atoms with E-state index in [0.29, 0.717) is 0 Å². The first-order valence-electron chi connectivity index (χ1n) is 2.81. The summed E-state index contributed by atoms with van der Waals surface area (Å²) in [6.45, 7) is 3.39. The second-order valence-corrected chi connectivity index (χ2v) is 1.97. The van der Waals surface area contributed by atoms with E-state index in [1.54, 1.807) is 0 Å². The van der Waals surface area contributed by atoms with Crippen molar-refractivity contribution in [1.29, 1.82) is 0 Å². The summed E-state index contributed by atoms with van der Waals surface area (Å²) in [7, 11) is 0. The molecule has 1 aliphatic rings. The molecule has 1 aliphatic heterocycles. The smallest absolute Gasteiger partial charge is 0.352 e. The van der Waals surface area contributed by atoms with Crippen LogP contribution in [0.3, 0.4) is 0 Å². The molecule has 0 aliphatic carbocycles. The maximum atomic E-state index is 10.6. The van der Waals surface area contributed by atoms with Crippen LogP contribution in [0.5, 0.6) is 0 Å². The molecule has 0 aromatic heterocycles. The molecule has 0 bridgehead atoms. The predicted octanol–water partition coefficient (Wildman–Crippen LogP) is -0.219. The molecule has 0 fully saturated rings. The van der Waals surface area contributed by atoms with Gasteiger partial charge in [0.15, 0.2) is 0 Å². The maximum Gasteiger partial charge on any atom is 0.352 e. The zero-order valence-corrected chi connectivity index (χ0v) is 5.55.